The summed E-state index contributed by atoms with van der Waals surface area (Å²) < 4.78 is 0. The van der Waals surface area contributed by atoms with Gasteiger partial charge in [-0.15, -0.1) is 0 Å². The average molecular weight is 321 g/mol. The SMILES string of the molecule is NC(CSSCC(N)C(=O)O)C(=O)O.[SeH2]. The second-order valence-corrected chi connectivity index (χ2v) is 5.01. The molecule has 0 aliphatic heterocycles. The Balaban J connectivity index is 0. The second kappa shape index (κ2) is 9.32. The van der Waals surface area contributed by atoms with Gasteiger partial charge in [0.1, 0.15) is 12.1 Å². The number of carboxylic acid groups (broad SMARTS) is 2. The van der Waals surface area contributed by atoms with Gasteiger partial charge in [0.2, 0.25) is 0 Å². The van der Waals surface area contributed by atoms with Crippen molar-refractivity contribution in [2.75, 3.05) is 11.5 Å². The van der Waals surface area contributed by atoms with Gasteiger partial charge >= 0.3 is 29.0 Å². The predicted octanol–water partition coefficient (Wildman–Crippen LogP) is -1.72. The zero-order chi connectivity index (χ0) is 11.1. The molecule has 2 atom stereocenters. The van der Waals surface area contributed by atoms with Crippen LogP contribution >= 0.6 is 21.6 Å². The minimum absolute atomic E-state index is 0. The minimum atomic E-state index is -1.07. The summed E-state index contributed by atoms with van der Waals surface area (Å²) in [5.41, 5.74) is 10.4. The maximum absolute atomic E-state index is 10.3. The van der Waals surface area contributed by atoms with E-state index in [1.807, 2.05) is 0 Å². The van der Waals surface area contributed by atoms with Crippen molar-refractivity contribution in [1.82, 2.24) is 0 Å². The van der Waals surface area contributed by atoms with Crippen molar-refractivity contribution >= 4 is 50.6 Å². The molecule has 6 nitrogen and oxygen atoms in total. The van der Waals surface area contributed by atoms with E-state index >= 15 is 0 Å². The van der Waals surface area contributed by atoms with E-state index in [1.54, 1.807) is 0 Å². The van der Waals surface area contributed by atoms with Crippen molar-refractivity contribution in [2.24, 2.45) is 11.5 Å². The second-order valence-electron chi connectivity index (χ2n) is 2.46. The molecule has 0 spiro atoms. The number of carbonyl (C=O) groups is 2. The average Bonchev–Trinajstić information content (AvgIpc) is 2.11. The zero-order valence-electron chi connectivity index (χ0n) is 7.75. The van der Waals surface area contributed by atoms with E-state index < -0.39 is 24.0 Å². The van der Waals surface area contributed by atoms with Crippen LogP contribution in [-0.2, 0) is 9.59 Å². The Labute approximate surface area is 105 Å². The van der Waals surface area contributed by atoms with Crippen LogP contribution in [0.15, 0.2) is 0 Å². The Morgan fingerprint density at radius 2 is 1.27 bits per heavy atom. The number of carboxylic acids is 2. The van der Waals surface area contributed by atoms with E-state index in [1.165, 1.54) is 21.6 Å². The van der Waals surface area contributed by atoms with Gasteiger partial charge in [-0.3, -0.25) is 9.59 Å². The third-order valence-corrected chi connectivity index (χ3v) is 3.69. The zero-order valence-corrected chi connectivity index (χ0v) is 11.5. The van der Waals surface area contributed by atoms with Crippen molar-refractivity contribution in [1.29, 1.82) is 0 Å². The number of nitrogens with two attached hydrogens (primary N) is 2. The molecule has 9 heteroatoms. The summed E-state index contributed by atoms with van der Waals surface area (Å²) >= 11 is 0. The first-order valence-electron chi connectivity index (χ1n) is 3.66. The molecule has 6 N–H and O–H groups in total. The Kier molecular flexibility index (Phi) is 10.9. The normalized spacial score (nSPS) is 13.7. The van der Waals surface area contributed by atoms with Crippen LogP contribution in [0.4, 0.5) is 0 Å². The molecule has 0 saturated carbocycles. The summed E-state index contributed by atoms with van der Waals surface area (Å²) in [6, 6.07) is -1.85. The Morgan fingerprint density at radius 1 is 1.00 bits per heavy atom. The van der Waals surface area contributed by atoms with Gasteiger partial charge in [-0.05, 0) is 0 Å². The summed E-state index contributed by atoms with van der Waals surface area (Å²) in [5.74, 6) is -1.68. The molecular formula is C6H14N2O4S2Se. The Bertz CT molecular complexity index is 197. The summed E-state index contributed by atoms with van der Waals surface area (Å²) in [5, 5.41) is 16.8. The Hall–Kier alpha value is 0.0795. The van der Waals surface area contributed by atoms with Gasteiger partial charge in [-0.25, -0.2) is 0 Å². The molecule has 90 valence electrons. The van der Waals surface area contributed by atoms with Gasteiger partial charge in [0.25, 0.3) is 0 Å². The molecule has 0 aliphatic carbocycles. The maximum atomic E-state index is 10.3. The summed E-state index contributed by atoms with van der Waals surface area (Å²) in [4.78, 5) is 20.5. The topological polar surface area (TPSA) is 127 Å². The van der Waals surface area contributed by atoms with Gasteiger partial charge in [0.15, 0.2) is 0 Å². The number of hydrogen-bond donors (Lipinski definition) is 4. The molecule has 0 saturated heterocycles. The molecule has 0 aromatic carbocycles. The van der Waals surface area contributed by atoms with E-state index in [0.717, 1.165) is 0 Å². The monoisotopic (exact) mass is 322 g/mol. The van der Waals surface area contributed by atoms with Gasteiger partial charge < -0.3 is 21.7 Å². The van der Waals surface area contributed by atoms with E-state index in [2.05, 4.69) is 0 Å². The third kappa shape index (κ3) is 9.03. The first-order valence-corrected chi connectivity index (χ1v) is 6.15. The molecule has 0 aromatic heterocycles. The first kappa shape index (κ1) is 17.5. The molecule has 2 unspecified atom stereocenters. The molecule has 0 aromatic rings. The van der Waals surface area contributed by atoms with Crippen molar-refractivity contribution in [3.63, 3.8) is 0 Å². The van der Waals surface area contributed by atoms with E-state index in [4.69, 9.17) is 21.7 Å². The molecule has 0 amide bonds. The summed E-state index contributed by atoms with van der Waals surface area (Å²) in [6.07, 6.45) is 0. The molecule has 0 rings (SSSR count). The molecule has 0 fully saturated rings. The first-order chi connectivity index (χ1) is 6.45. The van der Waals surface area contributed by atoms with Crippen molar-refractivity contribution in [2.45, 2.75) is 12.1 Å². The van der Waals surface area contributed by atoms with Crippen LogP contribution in [0.3, 0.4) is 0 Å². The molecule has 15 heavy (non-hydrogen) atoms. The molecule has 0 radical (unpaired) electrons. The summed E-state index contributed by atoms with van der Waals surface area (Å²) in [7, 11) is 2.41. The summed E-state index contributed by atoms with van der Waals surface area (Å²) in [6.45, 7) is 0. The van der Waals surface area contributed by atoms with E-state index in [9.17, 15) is 9.59 Å². The standard InChI is InChI=1S/C6H12N2O4S2.H2Se/c7-3(5(9)10)1-13-14-2-4(8)6(11)12;/h3-4H,1-2,7-8H2,(H,9,10)(H,11,12);1H2. The number of rotatable bonds is 7. The van der Waals surface area contributed by atoms with Crippen LogP contribution in [0.1, 0.15) is 0 Å². The number of aliphatic carboxylic acids is 2. The molecular weight excluding hydrogens is 307 g/mol. The van der Waals surface area contributed by atoms with Crippen LogP contribution in [0.2, 0.25) is 0 Å². The quantitative estimate of drug-likeness (QED) is 0.248. The fourth-order valence-electron chi connectivity index (χ4n) is 0.385. The van der Waals surface area contributed by atoms with Crippen LogP contribution < -0.4 is 11.5 Å². The van der Waals surface area contributed by atoms with Gasteiger partial charge in [0.05, 0.1) is 0 Å². The van der Waals surface area contributed by atoms with Gasteiger partial charge in [-0.2, -0.15) is 0 Å². The Morgan fingerprint density at radius 3 is 1.47 bits per heavy atom. The molecule has 0 aliphatic rings. The van der Waals surface area contributed by atoms with Crippen LogP contribution in [0, 0.1) is 0 Å². The van der Waals surface area contributed by atoms with Crippen molar-refractivity contribution < 1.29 is 19.8 Å². The molecule has 0 bridgehead atoms. The van der Waals surface area contributed by atoms with Crippen LogP contribution in [0.5, 0.6) is 0 Å². The third-order valence-electron chi connectivity index (χ3n) is 1.21. The predicted molar refractivity (Wildman–Crippen MR) is 64.7 cm³/mol. The number of hydrogen-bond acceptors (Lipinski definition) is 6. The van der Waals surface area contributed by atoms with Gasteiger partial charge in [-0.1, -0.05) is 21.6 Å². The van der Waals surface area contributed by atoms with Crippen molar-refractivity contribution in [3.05, 3.63) is 0 Å². The molecule has 0 heterocycles. The van der Waals surface area contributed by atoms with Gasteiger partial charge in [0, 0.05) is 11.5 Å². The fraction of sp³-hybridized carbons (Fsp3) is 0.667. The van der Waals surface area contributed by atoms with Crippen LogP contribution in [-0.4, -0.2) is 62.8 Å². The van der Waals surface area contributed by atoms with Crippen molar-refractivity contribution in [3.8, 4) is 0 Å². The van der Waals surface area contributed by atoms with E-state index in [0.29, 0.717) is 0 Å². The van der Waals surface area contributed by atoms with E-state index in [-0.39, 0.29) is 28.6 Å². The van der Waals surface area contributed by atoms with Crippen LogP contribution in [0.25, 0.3) is 0 Å². The fourth-order valence-corrected chi connectivity index (χ4v) is 2.61.